The second-order valence-corrected chi connectivity index (χ2v) is 4.10. The summed E-state index contributed by atoms with van der Waals surface area (Å²) in [5.74, 6) is 5.71. The van der Waals surface area contributed by atoms with Gasteiger partial charge < -0.3 is 14.8 Å². The van der Waals surface area contributed by atoms with Crippen LogP contribution in [0, 0.1) is 11.8 Å². The first kappa shape index (κ1) is 16.2. The molecule has 0 spiro atoms. The zero-order valence-electron chi connectivity index (χ0n) is 12.0. The van der Waals surface area contributed by atoms with Gasteiger partial charge in [-0.05, 0) is 26.0 Å². The van der Waals surface area contributed by atoms with Crippen molar-refractivity contribution in [1.29, 1.82) is 0 Å². The number of benzene rings is 1. The third-order valence-corrected chi connectivity index (χ3v) is 2.53. The highest BCUT2D eigenvalue weighted by Crippen LogP contribution is 1.94. The van der Waals surface area contributed by atoms with Crippen molar-refractivity contribution in [3.05, 3.63) is 35.9 Å². The van der Waals surface area contributed by atoms with Crippen molar-refractivity contribution < 1.29 is 14.3 Å². The maximum atomic E-state index is 11.7. The standard InChI is InChI=1S/C16H21NO3/c1-3-19-12-13-20-14(2)16(18)17-11-7-10-15-8-5-4-6-9-15/h4-6,8-9,14H,3,11-13H2,1-2H3,(H,17,18)/t14-/m1/s1. The molecule has 0 radical (unpaired) electrons. The Morgan fingerprint density at radius 1 is 1.30 bits per heavy atom. The predicted molar refractivity (Wildman–Crippen MR) is 78.2 cm³/mol. The van der Waals surface area contributed by atoms with Crippen LogP contribution in [0.3, 0.4) is 0 Å². The Balaban J connectivity index is 2.21. The van der Waals surface area contributed by atoms with Gasteiger partial charge in [0.25, 0.3) is 0 Å². The van der Waals surface area contributed by atoms with Crippen molar-refractivity contribution in [1.82, 2.24) is 5.32 Å². The van der Waals surface area contributed by atoms with Crippen LogP contribution < -0.4 is 5.32 Å². The second kappa shape index (κ2) is 10.0. The van der Waals surface area contributed by atoms with Gasteiger partial charge in [0.2, 0.25) is 5.91 Å². The summed E-state index contributed by atoms with van der Waals surface area (Å²) in [4.78, 5) is 11.7. The molecule has 20 heavy (non-hydrogen) atoms. The molecule has 4 nitrogen and oxygen atoms in total. The van der Waals surface area contributed by atoms with E-state index in [0.29, 0.717) is 26.4 Å². The van der Waals surface area contributed by atoms with Gasteiger partial charge in [-0.15, -0.1) is 0 Å². The molecule has 0 unspecified atom stereocenters. The Labute approximate surface area is 120 Å². The molecule has 1 aromatic rings. The number of carbonyl (C=O) groups is 1. The lowest BCUT2D eigenvalue weighted by Crippen LogP contribution is -2.35. The van der Waals surface area contributed by atoms with Gasteiger partial charge in [-0.3, -0.25) is 4.79 Å². The van der Waals surface area contributed by atoms with Crippen LogP contribution in [0.4, 0.5) is 0 Å². The van der Waals surface area contributed by atoms with Crippen LogP contribution in [0.15, 0.2) is 30.3 Å². The van der Waals surface area contributed by atoms with Crippen LogP contribution in [-0.2, 0) is 14.3 Å². The molecule has 0 aliphatic rings. The molecule has 1 N–H and O–H groups in total. The summed E-state index contributed by atoms with van der Waals surface area (Å²) in [5, 5.41) is 2.72. The fourth-order valence-corrected chi connectivity index (χ4v) is 1.45. The molecule has 0 saturated carbocycles. The number of amides is 1. The van der Waals surface area contributed by atoms with E-state index in [0.717, 1.165) is 5.56 Å². The van der Waals surface area contributed by atoms with E-state index in [9.17, 15) is 4.79 Å². The second-order valence-electron chi connectivity index (χ2n) is 4.10. The van der Waals surface area contributed by atoms with Crippen molar-refractivity contribution in [2.75, 3.05) is 26.4 Å². The normalized spacial score (nSPS) is 11.3. The Kier molecular flexibility index (Phi) is 8.13. The fraction of sp³-hybridized carbons (Fsp3) is 0.438. The molecule has 0 saturated heterocycles. The molecule has 108 valence electrons. The van der Waals surface area contributed by atoms with Gasteiger partial charge in [-0.1, -0.05) is 30.0 Å². The van der Waals surface area contributed by atoms with Crippen LogP contribution in [0.5, 0.6) is 0 Å². The molecule has 0 aliphatic heterocycles. The molecule has 0 aromatic heterocycles. The number of ether oxygens (including phenoxy) is 2. The molecule has 0 heterocycles. The zero-order valence-corrected chi connectivity index (χ0v) is 12.0. The molecule has 1 amide bonds. The van der Waals surface area contributed by atoms with Gasteiger partial charge in [0.15, 0.2) is 0 Å². The van der Waals surface area contributed by atoms with Crippen LogP contribution in [-0.4, -0.2) is 38.4 Å². The minimum Gasteiger partial charge on any atom is -0.379 e. The summed E-state index contributed by atoms with van der Waals surface area (Å²) in [5.41, 5.74) is 0.933. The molecule has 1 rings (SSSR count). The number of hydrogen-bond donors (Lipinski definition) is 1. The lowest BCUT2D eigenvalue weighted by molar-refractivity contribution is -0.132. The average molecular weight is 275 g/mol. The third kappa shape index (κ3) is 6.93. The summed E-state index contributed by atoms with van der Waals surface area (Å²) in [6, 6.07) is 9.64. The Bertz CT molecular complexity index is 448. The first-order valence-electron chi connectivity index (χ1n) is 6.75. The fourth-order valence-electron chi connectivity index (χ4n) is 1.45. The number of nitrogens with one attached hydrogen (secondary N) is 1. The van der Waals surface area contributed by atoms with E-state index in [1.807, 2.05) is 37.3 Å². The molecule has 1 atom stereocenters. The van der Waals surface area contributed by atoms with Crippen LogP contribution in [0.1, 0.15) is 19.4 Å². The molecule has 0 aliphatic carbocycles. The summed E-state index contributed by atoms with van der Waals surface area (Å²) in [6.45, 7) is 5.51. The molecular formula is C16H21NO3. The summed E-state index contributed by atoms with van der Waals surface area (Å²) in [7, 11) is 0. The predicted octanol–water partition coefficient (Wildman–Crippen LogP) is 1.60. The summed E-state index contributed by atoms with van der Waals surface area (Å²) >= 11 is 0. The first-order valence-corrected chi connectivity index (χ1v) is 6.75. The zero-order chi connectivity index (χ0) is 14.6. The van der Waals surface area contributed by atoms with Crippen molar-refractivity contribution in [2.24, 2.45) is 0 Å². The van der Waals surface area contributed by atoms with Gasteiger partial charge in [0.05, 0.1) is 19.8 Å². The van der Waals surface area contributed by atoms with Gasteiger partial charge in [0, 0.05) is 12.2 Å². The summed E-state index contributed by atoms with van der Waals surface area (Å²) in [6.07, 6.45) is -0.492. The molecule has 4 heteroatoms. The molecule has 0 fully saturated rings. The largest absolute Gasteiger partial charge is 0.379 e. The van der Waals surface area contributed by atoms with E-state index in [4.69, 9.17) is 9.47 Å². The van der Waals surface area contributed by atoms with E-state index < -0.39 is 6.10 Å². The lowest BCUT2D eigenvalue weighted by atomic mass is 10.2. The summed E-state index contributed by atoms with van der Waals surface area (Å²) < 4.78 is 10.5. The minimum atomic E-state index is -0.492. The van der Waals surface area contributed by atoms with Crippen LogP contribution >= 0.6 is 0 Å². The third-order valence-electron chi connectivity index (χ3n) is 2.53. The van der Waals surface area contributed by atoms with Crippen LogP contribution in [0.25, 0.3) is 0 Å². The van der Waals surface area contributed by atoms with Crippen molar-refractivity contribution in [3.8, 4) is 11.8 Å². The highest BCUT2D eigenvalue weighted by atomic mass is 16.5. The first-order chi connectivity index (χ1) is 9.74. The Morgan fingerprint density at radius 2 is 2.05 bits per heavy atom. The molecule has 0 bridgehead atoms. The highest BCUT2D eigenvalue weighted by molar-refractivity contribution is 5.80. The highest BCUT2D eigenvalue weighted by Gasteiger charge is 2.11. The SMILES string of the molecule is CCOCCO[C@H](C)C(=O)NCC#Cc1ccccc1. The van der Waals surface area contributed by atoms with E-state index in [1.54, 1.807) is 6.92 Å². The number of hydrogen-bond acceptors (Lipinski definition) is 3. The number of carbonyl (C=O) groups excluding carboxylic acids is 1. The van der Waals surface area contributed by atoms with E-state index in [2.05, 4.69) is 17.2 Å². The van der Waals surface area contributed by atoms with Crippen molar-refractivity contribution in [2.45, 2.75) is 20.0 Å². The molecule has 1 aromatic carbocycles. The monoisotopic (exact) mass is 275 g/mol. The number of rotatable bonds is 7. The van der Waals surface area contributed by atoms with Gasteiger partial charge in [0.1, 0.15) is 6.10 Å². The maximum Gasteiger partial charge on any atom is 0.249 e. The quantitative estimate of drug-likeness (QED) is 0.607. The average Bonchev–Trinajstić information content (AvgIpc) is 2.48. The Morgan fingerprint density at radius 3 is 2.75 bits per heavy atom. The van der Waals surface area contributed by atoms with Crippen LogP contribution in [0.2, 0.25) is 0 Å². The molecular weight excluding hydrogens is 254 g/mol. The topological polar surface area (TPSA) is 47.6 Å². The van der Waals surface area contributed by atoms with E-state index in [-0.39, 0.29) is 5.91 Å². The van der Waals surface area contributed by atoms with Crippen molar-refractivity contribution >= 4 is 5.91 Å². The maximum absolute atomic E-state index is 11.7. The van der Waals surface area contributed by atoms with E-state index >= 15 is 0 Å². The lowest BCUT2D eigenvalue weighted by Gasteiger charge is -2.11. The Hall–Kier alpha value is -1.83. The van der Waals surface area contributed by atoms with Crippen molar-refractivity contribution in [3.63, 3.8) is 0 Å². The smallest absolute Gasteiger partial charge is 0.249 e. The van der Waals surface area contributed by atoms with Gasteiger partial charge in [-0.2, -0.15) is 0 Å². The van der Waals surface area contributed by atoms with E-state index in [1.165, 1.54) is 0 Å². The minimum absolute atomic E-state index is 0.163. The van der Waals surface area contributed by atoms with Gasteiger partial charge >= 0.3 is 0 Å². The van der Waals surface area contributed by atoms with Gasteiger partial charge in [-0.25, -0.2) is 0 Å².